The van der Waals surface area contributed by atoms with Crippen LogP contribution in [0.2, 0.25) is 0 Å². The van der Waals surface area contributed by atoms with Gasteiger partial charge in [0, 0.05) is 18.2 Å². The summed E-state index contributed by atoms with van der Waals surface area (Å²) in [5, 5.41) is 21.7. The van der Waals surface area contributed by atoms with Crippen LogP contribution in [-0.4, -0.2) is 63.4 Å². The number of phosphoric ester groups is 1. The third-order valence-electron chi connectivity index (χ3n) is 5.98. The first-order chi connectivity index (χ1) is 16.8. The molecule has 0 radical (unpaired) electrons. The molecular formula is C21H24FN4O8P. The van der Waals surface area contributed by atoms with Crippen molar-refractivity contribution in [3.63, 3.8) is 0 Å². The van der Waals surface area contributed by atoms with Crippen LogP contribution >= 0.6 is 7.82 Å². The molecule has 188 valence electrons. The summed E-state index contributed by atoms with van der Waals surface area (Å²) < 4.78 is 56.0. The van der Waals surface area contributed by atoms with Crippen molar-refractivity contribution in [1.82, 2.24) is 14.5 Å². The zero-order valence-corrected chi connectivity index (χ0v) is 19.5. The van der Waals surface area contributed by atoms with Crippen molar-refractivity contribution in [3.05, 3.63) is 48.2 Å². The van der Waals surface area contributed by atoms with Crippen LogP contribution in [-0.2, 0) is 22.9 Å². The number of fused-ring (bicyclic) bond motifs is 1. The van der Waals surface area contributed by atoms with Crippen molar-refractivity contribution in [3.8, 4) is 5.75 Å². The molecule has 2 aromatic heterocycles. The second-order valence-electron chi connectivity index (χ2n) is 8.11. The molecule has 0 saturated carbocycles. The van der Waals surface area contributed by atoms with E-state index < -0.39 is 50.9 Å². The molecule has 5 rings (SSSR count). The minimum Gasteiger partial charge on any atom is -0.497 e. The molecule has 1 unspecified atom stereocenters. The van der Waals surface area contributed by atoms with E-state index in [-0.39, 0.29) is 24.4 Å². The summed E-state index contributed by atoms with van der Waals surface area (Å²) in [4.78, 5) is 8.08. The Balaban J connectivity index is 1.28. The van der Waals surface area contributed by atoms with Crippen LogP contribution in [0.5, 0.6) is 5.75 Å². The third kappa shape index (κ3) is 4.52. The van der Waals surface area contributed by atoms with Crippen molar-refractivity contribution < 1.29 is 42.2 Å². The van der Waals surface area contributed by atoms with E-state index in [0.29, 0.717) is 16.8 Å². The van der Waals surface area contributed by atoms with E-state index in [1.807, 2.05) is 0 Å². The van der Waals surface area contributed by atoms with Gasteiger partial charge in [0.15, 0.2) is 6.23 Å². The number of hydrogen-bond donors (Lipinski definition) is 3. The predicted octanol–water partition coefficient (Wildman–Crippen LogP) is 2.08. The van der Waals surface area contributed by atoms with Gasteiger partial charge in [0.1, 0.15) is 47.7 Å². The highest BCUT2D eigenvalue weighted by Gasteiger charge is 2.46. The van der Waals surface area contributed by atoms with Gasteiger partial charge in [-0.2, -0.15) is 0 Å². The summed E-state index contributed by atoms with van der Waals surface area (Å²) in [5.41, 5.74) is 6.42. The van der Waals surface area contributed by atoms with Crippen LogP contribution in [0.15, 0.2) is 36.8 Å². The molecule has 1 aromatic carbocycles. The molecule has 6 atom stereocenters. The van der Waals surface area contributed by atoms with E-state index in [2.05, 4.69) is 9.97 Å². The fourth-order valence-electron chi connectivity index (χ4n) is 4.14. The first-order valence-corrected chi connectivity index (χ1v) is 12.3. The van der Waals surface area contributed by atoms with Gasteiger partial charge in [0.25, 0.3) is 0 Å². The lowest BCUT2D eigenvalue weighted by Crippen LogP contribution is -2.34. The van der Waals surface area contributed by atoms with Crippen LogP contribution in [0.4, 0.5) is 10.2 Å². The lowest BCUT2D eigenvalue weighted by Gasteiger charge is -2.30. The highest BCUT2D eigenvalue weighted by molar-refractivity contribution is 7.48. The average Bonchev–Trinajstić information content (AvgIpc) is 3.40. The molecule has 4 heterocycles. The van der Waals surface area contributed by atoms with E-state index >= 15 is 0 Å². The maximum absolute atomic E-state index is 14.4. The second-order valence-corrected chi connectivity index (χ2v) is 9.73. The topological polar surface area (TPSA) is 160 Å². The number of nitrogens with two attached hydrogens (primary N) is 1. The van der Waals surface area contributed by atoms with E-state index in [4.69, 9.17) is 28.8 Å². The number of halogens is 1. The number of nitrogen functional groups attached to an aromatic ring is 1. The standard InChI is InChI=1S/C21H24FN4O8P/c1-30-11-2-3-14(22)13(8-11)15-5-7-31-35(29,34-15)32-9-16-17(27)18(28)21(33-16)26-6-4-12-19(23)24-10-25-20(12)26/h2-4,6,8,10,15-18,21,27-28H,5,7,9H2,1H3,(H2,23,24,25)/t15-,16-,17-,18-,21-,35?/m1/s1. The van der Waals surface area contributed by atoms with Crippen molar-refractivity contribution in [2.75, 3.05) is 26.1 Å². The van der Waals surface area contributed by atoms with Gasteiger partial charge in [0.05, 0.1) is 31.8 Å². The molecular weight excluding hydrogens is 486 g/mol. The van der Waals surface area contributed by atoms with E-state index in [9.17, 15) is 19.2 Å². The third-order valence-corrected chi connectivity index (χ3v) is 7.46. The number of aromatic nitrogens is 3. The van der Waals surface area contributed by atoms with Gasteiger partial charge in [-0.3, -0.25) is 13.6 Å². The molecule has 4 N–H and O–H groups in total. The van der Waals surface area contributed by atoms with Crippen molar-refractivity contribution >= 4 is 24.7 Å². The molecule has 3 aromatic rings. The average molecular weight is 510 g/mol. The Morgan fingerprint density at radius 3 is 2.91 bits per heavy atom. The van der Waals surface area contributed by atoms with Crippen LogP contribution in [0, 0.1) is 5.82 Å². The molecule has 35 heavy (non-hydrogen) atoms. The number of hydrogen-bond acceptors (Lipinski definition) is 11. The Kier molecular flexibility index (Phi) is 6.49. The quantitative estimate of drug-likeness (QED) is 0.417. The highest BCUT2D eigenvalue weighted by Crippen LogP contribution is 2.57. The van der Waals surface area contributed by atoms with E-state index in [1.54, 1.807) is 12.3 Å². The number of rotatable bonds is 6. The van der Waals surface area contributed by atoms with Crippen LogP contribution < -0.4 is 10.5 Å². The first-order valence-electron chi connectivity index (χ1n) is 10.8. The highest BCUT2D eigenvalue weighted by atomic mass is 31.2. The normalized spacial score (nSPS) is 31.1. The molecule has 12 nitrogen and oxygen atoms in total. The fourth-order valence-corrected chi connectivity index (χ4v) is 5.53. The summed E-state index contributed by atoms with van der Waals surface area (Å²) in [7, 11) is -2.68. The minimum absolute atomic E-state index is 0.00555. The lowest BCUT2D eigenvalue weighted by atomic mass is 10.1. The summed E-state index contributed by atoms with van der Waals surface area (Å²) in [6, 6.07) is 5.81. The molecule has 2 aliphatic heterocycles. The summed E-state index contributed by atoms with van der Waals surface area (Å²) >= 11 is 0. The summed E-state index contributed by atoms with van der Waals surface area (Å²) in [6.07, 6.45) is -2.58. The van der Waals surface area contributed by atoms with E-state index in [0.717, 1.165) is 0 Å². The Hall–Kier alpha value is -2.64. The number of phosphoric acid groups is 1. The number of benzene rings is 1. The maximum Gasteiger partial charge on any atom is 0.475 e. The fraction of sp³-hybridized carbons (Fsp3) is 0.429. The Bertz CT molecular complexity index is 1280. The number of methoxy groups -OCH3 is 1. The molecule has 2 saturated heterocycles. The van der Waals surface area contributed by atoms with Gasteiger partial charge in [-0.15, -0.1) is 0 Å². The maximum atomic E-state index is 14.4. The molecule has 2 aliphatic rings. The molecule has 0 bridgehead atoms. The van der Waals surface area contributed by atoms with Crippen LogP contribution in [0.25, 0.3) is 11.0 Å². The van der Waals surface area contributed by atoms with Gasteiger partial charge in [-0.1, -0.05) is 0 Å². The van der Waals surface area contributed by atoms with Gasteiger partial charge in [-0.05, 0) is 24.3 Å². The van der Waals surface area contributed by atoms with Gasteiger partial charge in [-0.25, -0.2) is 18.9 Å². The van der Waals surface area contributed by atoms with Crippen LogP contribution in [0.3, 0.4) is 0 Å². The number of nitrogens with zero attached hydrogens (tertiary/aromatic N) is 3. The van der Waals surface area contributed by atoms with Gasteiger partial charge < -0.3 is 30.0 Å². The SMILES string of the molecule is COc1ccc(F)c([C@H]2CCOP(=O)(OC[C@H]3O[C@@H](n4ccc5c(N)ncnc54)[C@H](O)[C@@H]3O)O2)c1. The number of ether oxygens (including phenoxy) is 2. The Morgan fingerprint density at radius 1 is 1.29 bits per heavy atom. The monoisotopic (exact) mass is 510 g/mol. The molecule has 0 aliphatic carbocycles. The minimum atomic E-state index is -4.13. The van der Waals surface area contributed by atoms with Crippen molar-refractivity contribution in [1.29, 1.82) is 0 Å². The smallest absolute Gasteiger partial charge is 0.475 e. The van der Waals surface area contributed by atoms with Gasteiger partial charge >= 0.3 is 7.82 Å². The summed E-state index contributed by atoms with van der Waals surface area (Å²) in [5.74, 6) is 0.126. The number of aliphatic hydroxyl groups excluding tert-OH is 2. The van der Waals surface area contributed by atoms with Crippen molar-refractivity contribution in [2.45, 2.75) is 37.1 Å². The zero-order valence-electron chi connectivity index (χ0n) is 18.6. The zero-order chi connectivity index (χ0) is 24.7. The molecule has 2 fully saturated rings. The molecule has 0 spiro atoms. The second kappa shape index (κ2) is 9.43. The Labute approximate surface area is 199 Å². The molecule has 0 amide bonds. The lowest BCUT2D eigenvalue weighted by molar-refractivity contribution is -0.0577. The Morgan fingerprint density at radius 2 is 2.11 bits per heavy atom. The largest absolute Gasteiger partial charge is 0.497 e. The first kappa shape index (κ1) is 24.1. The number of aliphatic hydroxyl groups is 2. The summed E-state index contributed by atoms with van der Waals surface area (Å²) in [6.45, 7) is -0.427. The van der Waals surface area contributed by atoms with Gasteiger partial charge in [0.2, 0.25) is 0 Å². The molecule has 14 heteroatoms. The number of anilines is 1. The van der Waals surface area contributed by atoms with Crippen LogP contribution in [0.1, 0.15) is 24.3 Å². The van der Waals surface area contributed by atoms with E-state index in [1.165, 1.54) is 36.2 Å². The predicted molar refractivity (Wildman–Crippen MR) is 119 cm³/mol. The van der Waals surface area contributed by atoms with Crippen molar-refractivity contribution in [2.24, 2.45) is 0 Å².